The molecule has 3 aliphatic heterocycles. The minimum atomic E-state index is -0.0879. The monoisotopic (exact) mass is 295 g/mol. The van der Waals surface area contributed by atoms with Crippen molar-refractivity contribution in [3.8, 4) is 0 Å². The van der Waals surface area contributed by atoms with Crippen LogP contribution in [-0.4, -0.2) is 36.6 Å². The Bertz CT molecular complexity index is 686. The van der Waals surface area contributed by atoms with Gasteiger partial charge in [-0.05, 0) is 43.3 Å². The van der Waals surface area contributed by atoms with Crippen molar-refractivity contribution in [1.82, 2.24) is 10.2 Å². The summed E-state index contributed by atoms with van der Waals surface area (Å²) in [5.41, 5.74) is 0.872. The maximum Gasteiger partial charge on any atom is 0.319 e. The molecule has 2 aromatic carbocycles. The van der Waals surface area contributed by atoms with Crippen LogP contribution in [0, 0.1) is 5.92 Å². The van der Waals surface area contributed by atoms with Crippen molar-refractivity contribution in [3.05, 3.63) is 42.5 Å². The lowest BCUT2D eigenvalue weighted by Gasteiger charge is -2.44. The molecule has 4 heteroatoms. The fourth-order valence-corrected chi connectivity index (χ4v) is 3.79. The molecule has 3 saturated heterocycles. The number of benzene rings is 2. The van der Waals surface area contributed by atoms with Crippen molar-refractivity contribution in [2.24, 2.45) is 5.92 Å². The van der Waals surface area contributed by atoms with Crippen LogP contribution in [0.5, 0.6) is 0 Å². The Morgan fingerprint density at radius 1 is 1.05 bits per heavy atom. The lowest BCUT2D eigenvalue weighted by atomic mass is 9.84. The van der Waals surface area contributed by atoms with Gasteiger partial charge in [0.2, 0.25) is 0 Å². The van der Waals surface area contributed by atoms with Gasteiger partial charge in [0, 0.05) is 18.0 Å². The summed E-state index contributed by atoms with van der Waals surface area (Å²) < 4.78 is 0. The zero-order valence-electron chi connectivity index (χ0n) is 12.6. The van der Waals surface area contributed by atoms with Crippen LogP contribution in [0.25, 0.3) is 10.8 Å². The number of fused-ring (bicyclic) bond motifs is 4. The third kappa shape index (κ3) is 2.55. The van der Waals surface area contributed by atoms with Crippen LogP contribution in [-0.2, 0) is 0 Å². The van der Waals surface area contributed by atoms with Crippen molar-refractivity contribution in [1.29, 1.82) is 0 Å². The molecular weight excluding hydrogens is 274 g/mol. The number of piperidine rings is 3. The van der Waals surface area contributed by atoms with Gasteiger partial charge in [-0.25, -0.2) is 4.79 Å². The molecule has 2 amide bonds. The third-order valence-electron chi connectivity index (χ3n) is 5.01. The molecule has 0 aliphatic carbocycles. The van der Waals surface area contributed by atoms with Crippen molar-refractivity contribution in [3.63, 3.8) is 0 Å². The highest BCUT2D eigenvalue weighted by Gasteiger charge is 2.34. The SMILES string of the molecule is O=C(Nc1cccc2ccccc12)N[C@@H]1CN2CCC1CC2. The van der Waals surface area contributed by atoms with E-state index in [-0.39, 0.29) is 12.1 Å². The van der Waals surface area contributed by atoms with E-state index >= 15 is 0 Å². The van der Waals surface area contributed by atoms with Crippen LogP contribution in [0.15, 0.2) is 42.5 Å². The maximum atomic E-state index is 12.4. The van der Waals surface area contributed by atoms with Gasteiger partial charge in [0.15, 0.2) is 0 Å². The molecule has 3 aliphatic rings. The van der Waals surface area contributed by atoms with Gasteiger partial charge in [-0.1, -0.05) is 36.4 Å². The molecule has 5 rings (SSSR count). The molecule has 114 valence electrons. The molecule has 2 aromatic rings. The Morgan fingerprint density at radius 2 is 1.82 bits per heavy atom. The molecule has 2 N–H and O–H groups in total. The summed E-state index contributed by atoms with van der Waals surface area (Å²) in [6.07, 6.45) is 2.42. The van der Waals surface area contributed by atoms with Gasteiger partial charge >= 0.3 is 6.03 Å². The number of nitrogens with one attached hydrogen (secondary N) is 2. The maximum absolute atomic E-state index is 12.4. The van der Waals surface area contributed by atoms with Gasteiger partial charge in [0.25, 0.3) is 0 Å². The Balaban J connectivity index is 1.47. The van der Waals surface area contributed by atoms with Crippen LogP contribution in [0.4, 0.5) is 10.5 Å². The Hall–Kier alpha value is -2.07. The summed E-state index contributed by atoms with van der Waals surface area (Å²) in [7, 11) is 0. The minimum absolute atomic E-state index is 0.0879. The molecule has 4 nitrogen and oxygen atoms in total. The molecule has 0 spiro atoms. The topological polar surface area (TPSA) is 44.4 Å². The smallest absolute Gasteiger partial charge is 0.319 e. The number of carbonyl (C=O) groups excluding carboxylic acids is 1. The molecule has 2 bridgehead atoms. The number of carbonyl (C=O) groups is 1. The predicted molar refractivity (Wildman–Crippen MR) is 89.1 cm³/mol. The highest BCUT2D eigenvalue weighted by molar-refractivity contribution is 6.01. The van der Waals surface area contributed by atoms with Gasteiger partial charge < -0.3 is 15.5 Å². The number of rotatable bonds is 2. The molecule has 0 radical (unpaired) electrons. The van der Waals surface area contributed by atoms with Crippen molar-refractivity contribution >= 4 is 22.5 Å². The second-order valence-corrected chi connectivity index (χ2v) is 6.37. The normalized spacial score (nSPS) is 26.8. The molecule has 0 aromatic heterocycles. The van der Waals surface area contributed by atoms with Gasteiger partial charge in [-0.15, -0.1) is 0 Å². The lowest BCUT2D eigenvalue weighted by Crippen LogP contribution is -2.57. The zero-order chi connectivity index (χ0) is 14.9. The first kappa shape index (κ1) is 13.6. The number of anilines is 1. The summed E-state index contributed by atoms with van der Waals surface area (Å²) in [5, 5.41) is 8.41. The molecule has 3 fully saturated rings. The van der Waals surface area contributed by atoms with E-state index in [0.29, 0.717) is 5.92 Å². The van der Waals surface area contributed by atoms with Crippen LogP contribution >= 0.6 is 0 Å². The third-order valence-corrected chi connectivity index (χ3v) is 5.01. The van der Waals surface area contributed by atoms with Crippen molar-refractivity contribution in [2.45, 2.75) is 18.9 Å². The first-order valence-electron chi connectivity index (χ1n) is 8.07. The Kier molecular flexibility index (Phi) is 3.47. The quantitative estimate of drug-likeness (QED) is 0.894. The summed E-state index contributed by atoms with van der Waals surface area (Å²) in [4.78, 5) is 14.8. The highest BCUT2D eigenvalue weighted by Crippen LogP contribution is 2.28. The van der Waals surface area contributed by atoms with E-state index in [0.717, 1.165) is 23.0 Å². The van der Waals surface area contributed by atoms with E-state index in [2.05, 4.69) is 27.7 Å². The average Bonchev–Trinajstić information content (AvgIpc) is 2.56. The standard InChI is InChI=1S/C18H21N3O/c22-18(20-17-12-21-10-8-14(17)9-11-21)19-16-7-3-5-13-4-1-2-6-15(13)16/h1-7,14,17H,8-12H2,(H2,19,20,22)/t17-/m1/s1. The second-order valence-electron chi connectivity index (χ2n) is 6.37. The van der Waals surface area contributed by atoms with E-state index in [1.165, 1.54) is 25.9 Å². The molecule has 0 saturated carbocycles. The van der Waals surface area contributed by atoms with Crippen LogP contribution in [0.2, 0.25) is 0 Å². The highest BCUT2D eigenvalue weighted by atomic mass is 16.2. The largest absolute Gasteiger partial charge is 0.334 e. The Morgan fingerprint density at radius 3 is 2.59 bits per heavy atom. The van der Waals surface area contributed by atoms with Crippen molar-refractivity contribution < 1.29 is 4.79 Å². The minimum Gasteiger partial charge on any atom is -0.334 e. The number of urea groups is 1. The van der Waals surface area contributed by atoms with Gasteiger partial charge in [-0.3, -0.25) is 0 Å². The van der Waals surface area contributed by atoms with Crippen molar-refractivity contribution in [2.75, 3.05) is 25.0 Å². The summed E-state index contributed by atoms with van der Waals surface area (Å²) in [6.45, 7) is 3.37. The first-order chi connectivity index (χ1) is 10.8. The average molecular weight is 295 g/mol. The number of hydrogen-bond donors (Lipinski definition) is 2. The van der Waals surface area contributed by atoms with E-state index in [9.17, 15) is 4.79 Å². The molecular formula is C18H21N3O. The van der Waals surface area contributed by atoms with Crippen LogP contribution in [0.3, 0.4) is 0 Å². The number of amides is 2. The number of nitrogens with zero attached hydrogens (tertiary/aromatic N) is 1. The summed E-state index contributed by atoms with van der Waals surface area (Å²) >= 11 is 0. The van der Waals surface area contributed by atoms with E-state index in [1.54, 1.807) is 0 Å². The van der Waals surface area contributed by atoms with Crippen LogP contribution < -0.4 is 10.6 Å². The Labute approximate surface area is 130 Å². The summed E-state index contributed by atoms with van der Waals surface area (Å²) in [5.74, 6) is 0.642. The van der Waals surface area contributed by atoms with Crippen LogP contribution in [0.1, 0.15) is 12.8 Å². The fraction of sp³-hybridized carbons (Fsp3) is 0.389. The number of hydrogen-bond acceptors (Lipinski definition) is 2. The van der Waals surface area contributed by atoms with Gasteiger partial charge in [0.05, 0.1) is 5.69 Å². The fourth-order valence-electron chi connectivity index (χ4n) is 3.79. The summed E-state index contributed by atoms with van der Waals surface area (Å²) in [6, 6.07) is 14.3. The molecule has 0 unspecified atom stereocenters. The molecule has 1 atom stereocenters. The van der Waals surface area contributed by atoms with E-state index < -0.39 is 0 Å². The van der Waals surface area contributed by atoms with Gasteiger partial charge in [-0.2, -0.15) is 0 Å². The molecule has 22 heavy (non-hydrogen) atoms. The zero-order valence-corrected chi connectivity index (χ0v) is 12.6. The van der Waals surface area contributed by atoms with Gasteiger partial charge in [0.1, 0.15) is 0 Å². The first-order valence-corrected chi connectivity index (χ1v) is 8.07. The lowest BCUT2D eigenvalue weighted by molar-refractivity contribution is 0.0777. The molecule has 3 heterocycles. The van der Waals surface area contributed by atoms with E-state index in [1.807, 2.05) is 30.3 Å². The predicted octanol–water partition coefficient (Wildman–Crippen LogP) is 3.06. The van der Waals surface area contributed by atoms with E-state index in [4.69, 9.17) is 0 Å². The second kappa shape index (κ2) is 5.61.